The molecule has 1 aliphatic heterocycles. The molecule has 0 aliphatic carbocycles. The summed E-state index contributed by atoms with van der Waals surface area (Å²) in [6.07, 6.45) is 3.44. The number of hydrogen-bond acceptors (Lipinski definition) is 3. The number of nitriles is 1. The van der Waals surface area contributed by atoms with Gasteiger partial charge in [0.2, 0.25) is 5.91 Å². The highest BCUT2D eigenvalue weighted by atomic mass is 16.2. The van der Waals surface area contributed by atoms with E-state index in [4.69, 9.17) is 5.26 Å². The Hall–Kier alpha value is -1.86. The number of amides is 1. The lowest BCUT2D eigenvalue weighted by Gasteiger charge is -2.26. The molecule has 4 heteroatoms. The number of anilines is 1. The molecule has 1 amide bonds. The van der Waals surface area contributed by atoms with Crippen LogP contribution in [0, 0.1) is 11.3 Å². The van der Waals surface area contributed by atoms with Gasteiger partial charge in [-0.2, -0.15) is 5.26 Å². The summed E-state index contributed by atoms with van der Waals surface area (Å²) in [6, 6.07) is 10.0. The van der Waals surface area contributed by atoms with Crippen molar-refractivity contribution in [1.29, 1.82) is 5.26 Å². The van der Waals surface area contributed by atoms with Crippen molar-refractivity contribution in [3.63, 3.8) is 0 Å². The highest BCUT2D eigenvalue weighted by Gasteiger charge is 2.30. The second kappa shape index (κ2) is 6.53. The first kappa shape index (κ1) is 14.5. The minimum Gasteiger partial charge on any atom is -0.325 e. The van der Waals surface area contributed by atoms with Gasteiger partial charge in [-0.15, -0.1) is 0 Å². The van der Waals surface area contributed by atoms with Crippen LogP contribution in [0.5, 0.6) is 0 Å². The Morgan fingerprint density at radius 2 is 2.10 bits per heavy atom. The van der Waals surface area contributed by atoms with Crippen LogP contribution in [0.4, 0.5) is 5.69 Å². The SMILES string of the molecule is CCC1CCC(C)N1CC(=O)Nc1ccc(C#N)cc1. The number of carbonyl (C=O) groups excluding carboxylic acids is 1. The van der Waals surface area contributed by atoms with Gasteiger partial charge in [-0.25, -0.2) is 0 Å². The molecule has 1 aromatic carbocycles. The predicted octanol–water partition coefficient (Wildman–Crippen LogP) is 2.76. The summed E-state index contributed by atoms with van der Waals surface area (Å²) in [5.74, 6) is 0.0157. The highest BCUT2D eigenvalue weighted by molar-refractivity contribution is 5.92. The van der Waals surface area contributed by atoms with Crippen LogP contribution in [0.15, 0.2) is 24.3 Å². The van der Waals surface area contributed by atoms with Crippen molar-refractivity contribution in [1.82, 2.24) is 4.90 Å². The maximum atomic E-state index is 12.1. The summed E-state index contributed by atoms with van der Waals surface area (Å²) in [5.41, 5.74) is 1.34. The fourth-order valence-electron chi connectivity index (χ4n) is 2.84. The molecular formula is C16H21N3O. The van der Waals surface area contributed by atoms with E-state index in [1.165, 1.54) is 12.8 Å². The maximum absolute atomic E-state index is 12.1. The van der Waals surface area contributed by atoms with Gasteiger partial charge in [-0.3, -0.25) is 9.69 Å². The van der Waals surface area contributed by atoms with E-state index in [1.54, 1.807) is 24.3 Å². The molecule has 1 saturated heterocycles. The zero-order chi connectivity index (χ0) is 14.5. The Labute approximate surface area is 120 Å². The summed E-state index contributed by atoms with van der Waals surface area (Å²) in [6.45, 7) is 4.80. The summed E-state index contributed by atoms with van der Waals surface area (Å²) in [5, 5.41) is 11.6. The number of carbonyl (C=O) groups is 1. The summed E-state index contributed by atoms with van der Waals surface area (Å²) < 4.78 is 0. The lowest BCUT2D eigenvalue weighted by atomic mass is 10.1. The van der Waals surface area contributed by atoms with Crippen molar-refractivity contribution in [2.24, 2.45) is 0 Å². The number of nitrogens with zero attached hydrogens (tertiary/aromatic N) is 2. The van der Waals surface area contributed by atoms with E-state index >= 15 is 0 Å². The number of hydrogen-bond donors (Lipinski definition) is 1. The smallest absolute Gasteiger partial charge is 0.238 e. The Bertz CT molecular complexity index is 503. The molecular weight excluding hydrogens is 250 g/mol. The molecule has 1 N–H and O–H groups in total. The molecule has 2 rings (SSSR count). The van der Waals surface area contributed by atoms with E-state index in [1.807, 2.05) is 0 Å². The summed E-state index contributed by atoms with van der Waals surface area (Å²) in [7, 11) is 0. The number of likely N-dealkylation sites (tertiary alicyclic amines) is 1. The summed E-state index contributed by atoms with van der Waals surface area (Å²) in [4.78, 5) is 14.4. The van der Waals surface area contributed by atoms with Crippen LogP contribution in [-0.2, 0) is 4.79 Å². The van der Waals surface area contributed by atoms with E-state index in [9.17, 15) is 4.79 Å². The highest BCUT2D eigenvalue weighted by Crippen LogP contribution is 2.25. The number of rotatable bonds is 4. The third kappa shape index (κ3) is 3.37. The van der Waals surface area contributed by atoms with Crippen LogP contribution < -0.4 is 5.32 Å². The number of benzene rings is 1. The molecule has 2 unspecified atom stereocenters. The third-order valence-electron chi connectivity index (χ3n) is 4.05. The third-order valence-corrected chi connectivity index (χ3v) is 4.05. The lowest BCUT2D eigenvalue weighted by Crippen LogP contribution is -2.40. The van der Waals surface area contributed by atoms with Gasteiger partial charge in [-0.1, -0.05) is 6.92 Å². The normalized spacial score (nSPS) is 22.4. The Balaban J connectivity index is 1.93. The zero-order valence-corrected chi connectivity index (χ0v) is 12.1. The zero-order valence-electron chi connectivity index (χ0n) is 12.1. The fourth-order valence-corrected chi connectivity index (χ4v) is 2.84. The molecule has 4 nitrogen and oxygen atoms in total. The molecule has 0 bridgehead atoms. The largest absolute Gasteiger partial charge is 0.325 e. The van der Waals surface area contributed by atoms with Crippen LogP contribution in [-0.4, -0.2) is 29.4 Å². The average molecular weight is 271 g/mol. The monoisotopic (exact) mass is 271 g/mol. The second-order valence-electron chi connectivity index (χ2n) is 5.40. The first-order valence-corrected chi connectivity index (χ1v) is 7.19. The van der Waals surface area contributed by atoms with Crippen molar-refractivity contribution < 1.29 is 4.79 Å². The van der Waals surface area contributed by atoms with Gasteiger partial charge in [0.05, 0.1) is 18.2 Å². The van der Waals surface area contributed by atoms with Gasteiger partial charge in [0.25, 0.3) is 0 Å². The van der Waals surface area contributed by atoms with E-state index in [2.05, 4.69) is 30.1 Å². The molecule has 1 heterocycles. The molecule has 20 heavy (non-hydrogen) atoms. The maximum Gasteiger partial charge on any atom is 0.238 e. The molecule has 0 spiro atoms. The van der Waals surface area contributed by atoms with Crippen LogP contribution in [0.2, 0.25) is 0 Å². The molecule has 0 aromatic heterocycles. The van der Waals surface area contributed by atoms with Gasteiger partial charge in [0, 0.05) is 17.8 Å². The van der Waals surface area contributed by atoms with Gasteiger partial charge in [0.15, 0.2) is 0 Å². The van der Waals surface area contributed by atoms with Gasteiger partial charge in [0.1, 0.15) is 0 Å². The number of nitrogens with one attached hydrogen (secondary N) is 1. The first-order valence-electron chi connectivity index (χ1n) is 7.19. The first-order chi connectivity index (χ1) is 9.63. The quantitative estimate of drug-likeness (QED) is 0.916. The van der Waals surface area contributed by atoms with Gasteiger partial charge in [-0.05, 0) is 50.5 Å². The van der Waals surface area contributed by atoms with E-state index in [-0.39, 0.29) is 5.91 Å². The Kier molecular flexibility index (Phi) is 4.75. The van der Waals surface area contributed by atoms with Crippen LogP contribution in [0.25, 0.3) is 0 Å². The predicted molar refractivity (Wildman–Crippen MR) is 79.3 cm³/mol. The lowest BCUT2D eigenvalue weighted by molar-refractivity contribution is -0.118. The standard InChI is InChI=1S/C16H21N3O/c1-3-15-9-4-12(2)19(15)11-16(20)18-14-7-5-13(10-17)6-8-14/h5-8,12,15H,3-4,9,11H2,1-2H3,(H,18,20). The van der Waals surface area contributed by atoms with Crippen molar-refractivity contribution in [3.8, 4) is 6.07 Å². The second-order valence-corrected chi connectivity index (χ2v) is 5.40. The van der Waals surface area contributed by atoms with Crippen molar-refractivity contribution in [3.05, 3.63) is 29.8 Å². The van der Waals surface area contributed by atoms with Crippen molar-refractivity contribution in [2.45, 2.75) is 45.2 Å². The molecule has 106 valence electrons. The topological polar surface area (TPSA) is 56.1 Å². The molecule has 1 fully saturated rings. The van der Waals surface area contributed by atoms with E-state index < -0.39 is 0 Å². The van der Waals surface area contributed by atoms with E-state index in [0.717, 1.165) is 12.1 Å². The molecule has 0 saturated carbocycles. The van der Waals surface area contributed by atoms with Gasteiger partial charge >= 0.3 is 0 Å². The minimum absolute atomic E-state index is 0.0157. The van der Waals surface area contributed by atoms with E-state index in [0.29, 0.717) is 24.2 Å². The molecule has 0 radical (unpaired) electrons. The molecule has 2 atom stereocenters. The summed E-state index contributed by atoms with van der Waals surface area (Å²) >= 11 is 0. The van der Waals surface area contributed by atoms with Crippen molar-refractivity contribution >= 4 is 11.6 Å². The Morgan fingerprint density at radius 1 is 1.40 bits per heavy atom. The van der Waals surface area contributed by atoms with Crippen LogP contribution in [0.1, 0.15) is 38.7 Å². The molecule has 1 aromatic rings. The van der Waals surface area contributed by atoms with Crippen LogP contribution in [0.3, 0.4) is 0 Å². The van der Waals surface area contributed by atoms with Gasteiger partial charge < -0.3 is 5.32 Å². The molecule has 1 aliphatic rings. The van der Waals surface area contributed by atoms with Crippen LogP contribution >= 0.6 is 0 Å². The minimum atomic E-state index is 0.0157. The van der Waals surface area contributed by atoms with Crippen molar-refractivity contribution in [2.75, 3.05) is 11.9 Å². The average Bonchev–Trinajstić information content (AvgIpc) is 2.80. The fraction of sp³-hybridized carbons (Fsp3) is 0.500. The Morgan fingerprint density at radius 3 is 2.70 bits per heavy atom.